The molecule has 1 aromatic carbocycles. The van der Waals surface area contributed by atoms with E-state index in [4.69, 9.17) is 0 Å². The van der Waals surface area contributed by atoms with Gasteiger partial charge in [-0.25, -0.2) is 4.98 Å². The molecule has 0 aliphatic rings. The molecule has 23 heavy (non-hydrogen) atoms. The molecule has 0 saturated carbocycles. The van der Waals surface area contributed by atoms with Crippen LogP contribution in [0.5, 0.6) is 0 Å². The predicted octanol–water partition coefficient (Wildman–Crippen LogP) is 2.61. The zero-order chi connectivity index (χ0) is 16.4. The topological polar surface area (TPSA) is 86.9 Å². The van der Waals surface area contributed by atoms with E-state index in [-0.39, 0.29) is 18.4 Å². The third-order valence-corrected chi connectivity index (χ3v) is 4.45. The second kappa shape index (κ2) is 6.21. The average molecular weight is 328 g/mol. The number of nitrogens with zero attached hydrogens (tertiary/aromatic N) is 1. The van der Waals surface area contributed by atoms with Gasteiger partial charge < -0.3 is 15.6 Å². The number of aromatic nitrogens is 2. The summed E-state index contributed by atoms with van der Waals surface area (Å²) in [5.41, 5.74) is 2.21. The highest BCUT2D eigenvalue weighted by Gasteiger charge is 2.12. The predicted molar refractivity (Wildman–Crippen MR) is 90.8 cm³/mol. The number of hydrogen-bond acceptors (Lipinski definition) is 4. The summed E-state index contributed by atoms with van der Waals surface area (Å²) in [7, 11) is 0. The Bertz CT molecular complexity index is 829. The van der Waals surface area contributed by atoms with Gasteiger partial charge in [-0.2, -0.15) is 0 Å². The van der Waals surface area contributed by atoms with E-state index in [0.717, 1.165) is 21.5 Å². The largest absolute Gasteiger partial charge is 0.351 e. The highest BCUT2D eigenvalue weighted by atomic mass is 32.1. The Balaban J connectivity index is 1.58. The summed E-state index contributed by atoms with van der Waals surface area (Å²) >= 11 is 1.41. The Labute approximate surface area is 136 Å². The lowest BCUT2D eigenvalue weighted by molar-refractivity contribution is -0.115. The molecule has 0 bridgehead atoms. The van der Waals surface area contributed by atoms with Gasteiger partial charge in [0, 0.05) is 15.8 Å². The van der Waals surface area contributed by atoms with Gasteiger partial charge in [-0.3, -0.25) is 9.59 Å². The van der Waals surface area contributed by atoms with Crippen LogP contribution < -0.4 is 10.6 Å². The van der Waals surface area contributed by atoms with Crippen molar-refractivity contribution < 1.29 is 9.59 Å². The number of thiazole rings is 1. The molecule has 6 nitrogen and oxygen atoms in total. The van der Waals surface area contributed by atoms with Crippen LogP contribution in [0.2, 0.25) is 0 Å². The van der Waals surface area contributed by atoms with E-state index in [9.17, 15) is 9.59 Å². The number of fused-ring (bicyclic) bond motifs is 1. The quantitative estimate of drug-likeness (QED) is 0.688. The van der Waals surface area contributed by atoms with Gasteiger partial charge in [0.25, 0.3) is 5.91 Å². The molecule has 0 aliphatic heterocycles. The Morgan fingerprint density at radius 3 is 2.74 bits per heavy atom. The third-order valence-electron chi connectivity index (χ3n) is 3.46. The van der Waals surface area contributed by atoms with Crippen molar-refractivity contribution in [2.24, 2.45) is 0 Å². The van der Waals surface area contributed by atoms with Crippen molar-refractivity contribution in [3.63, 3.8) is 0 Å². The van der Waals surface area contributed by atoms with Gasteiger partial charge >= 0.3 is 0 Å². The van der Waals surface area contributed by atoms with E-state index in [0.29, 0.717) is 10.8 Å². The third kappa shape index (κ3) is 3.40. The molecule has 3 aromatic rings. The molecule has 0 radical (unpaired) electrons. The molecule has 7 heteroatoms. The SMILES string of the molecule is Cc1nc(NC(=O)CNC(=O)c2cc3ccccc3[nH]2)sc1C. The Hall–Kier alpha value is -2.67. The highest BCUT2D eigenvalue weighted by molar-refractivity contribution is 7.15. The first-order valence-electron chi connectivity index (χ1n) is 7.13. The lowest BCUT2D eigenvalue weighted by Gasteiger charge is -2.03. The Morgan fingerprint density at radius 2 is 2.04 bits per heavy atom. The molecule has 0 fully saturated rings. The average Bonchev–Trinajstić information content (AvgIpc) is 3.08. The lowest BCUT2D eigenvalue weighted by Crippen LogP contribution is -2.33. The number of anilines is 1. The molecule has 0 atom stereocenters. The monoisotopic (exact) mass is 328 g/mol. The van der Waals surface area contributed by atoms with Gasteiger partial charge in [0.15, 0.2) is 5.13 Å². The van der Waals surface area contributed by atoms with Crippen LogP contribution >= 0.6 is 11.3 Å². The number of nitrogens with one attached hydrogen (secondary N) is 3. The maximum atomic E-state index is 12.1. The summed E-state index contributed by atoms with van der Waals surface area (Å²) in [6.07, 6.45) is 0. The normalized spacial score (nSPS) is 10.7. The molecular formula is C16H16N4O2S. The first-order valence-corrected chi connectivity index (χ1v) is 7.94. The molecule has 0 saturated heterocycles. The van der Waals surface area contributed by atoms with Crippen molar-refractivity contribution in [1.29, 1.82) is 0 Å². The van der Waals surface area contributed by atoms with Crippen molar-refractivity contribution in [2.45, 2.75) is 13.8 Å². The molecule has 2 amide bonds. The van der Waals surface area contributed by atoms with Crippen molar-refractivity contribution in [3.05, 3.63) is 46.6 Å². The smallest absolute Gasteiger partial charge is 0.268 e. The minimum absolute atomic E-state index is 0.105. The number of para-hydroxylation sites is 1. The van der Waals surface area contributed by atoms with Crippen molar-refractivity contribution in [2.75, 3.05) is 11.9 Å². The molecular weight excluding hydrogens is 312 g/mol. The van der Waals surface area contributed by atoms with Gasteiger partial charge in [0.2, 0.25) is 5.91 Å². The lowest BCUT2D eigenvalue weighted by atomic mass is 10.2. The zero-order valence-corrected chi connectivity index (χ0v) is 13.6. The molecule has 3 N–H and O–H groups in total. The highest BCUT2D eigenvalue weighted by Crippen LogP contribution is 2.20. The first kappa shape index (κ1) is 15.2. The Morgan fingerprint density at radius 1 is 1.26 bits per heavy atom. The molecule has 0 unspecified atom stereocenters. The van der Waals surface area contributed by atoms with Crippen molar-refractivity contribution >= 4 is 39.2 Å². The van der Waals surface area contributed by atoms with Gasteiger partial charge in [-0.1, -0.05) is 18.2 Å². The van der Waals surface area contributed by atoms with E-state index in [1.165, 1.54) is 11.3 Å². The fourth-order valence-corrected chi connectivity index (χ4v) is 2.97. The van der Waals surface area contributed by atoms with Crippen LogP contribution in [0.4, 0.5) is 5.13 Å². The van der Waals surface area contributed by atoms with Crippen LogP contribution in [0.25, 0.3) is 10.9 Å². The number of rotatable bonds is 4. The molecule has 2 heterocycles. The summed E-state index contributed by atoms with van der Waals surface area (Å²) in [5.74, 6) is -0.619. The van der Waals surface area contributed by atoms with Gasteiger partial charge in [0.05, 0.1) is 12.2 Å². The molecule has 2 aromatic heterocycles. The minimum Gasteiger partial charge on any atom is -0.351 e. The van der Waals surface area contributed by atoms with E-state index in [1.54, 1.807) is 6.07 Å². The number of aromatic amines is 1. The van der Waals surface area contributed by atoms with Crippen molar-refractivity contribution in [1.82, 2.24) is 15.3 Å². The van der Waals surface area contributed by atoms with Crippen LogP contribution in [-0.2, 0) is 4.79 Å². The number of carbonyl (C=O) groups is 2. The van der Waals surface area contributed by atoms with Gasteiger partial charge in [-0.15, -0.1) is 11.3 Å². The van der Waals surface area contributed by atoms with Crippen LogP contribution in [0.15, 0.2) is 30.3 Å². The number of hydrogen-bond donors (Lipinski definition) is 3. The van der Waals surface area contributed by atoms with Crippen molar-refractivity contribution in [3.8, 4) is 0 Å². The fourth-order valence-electron chi connectivity index (χ4n) is 2.14. The second-order valence-corrected chi connectivity index (χ2v) is 6.36. The second-order valence-electron chi connectivity index (χ2n) is 5.16. The Kier molecular flexibility index (Phi) is 4.12. The number of carbonyl (C=O) groups excluding carboxylic acids is 2. The minimum atomic E-state index is -0.317. The zero-order valence-electron chi connectivity index (χ0n) is 12.8. The summed E-state index contributed by atoms with van der Waals surface area (Å²) < 4.78 is 0. The fraction of sp³-hybridized carbons (Fsp3) is 0.188. The number of amides is 2. The van der Waals surface area contributed by atoms with E-state index in [2.05, 4.69) is 20.6 Å². The standard InChI is InChI=1S/C16H16N4O2S/c1-9-10(2)23-16(18-9)20-14(21)8-17-15(22)13-7-11-5-3-4-6-12(11)19-13/h3-7,19H,8H2,1-2H3,(H,17,22)(H,18,20,21). The maximum Gasteiger partial charge on any atom is 0.268 e. The van der Waals surface area contributed by atoms with E-state index in [1.807, 2.05) is 38.1 Å². The van der Waals surface area contributed by atoms with Crippen LogP contribution in [0, 0.1) is 13.8 Å². The van der Waals surface area contributed by atoms with Crippen LogP contribution in [0.3, 0.4) is 0 Å². The van der Waals surface area contributed by atoms with Crippen LogP contribution in [-0.4, -0.2) is 28.3 Å². The molecule has 0 aliphatic carbocycles. The first-order chi connectivity index (χ1) is 11.0. The van der Waals surface area contributed by atoms with E-state index < -0.39 is 0 Å². The molecule has 118 valence electrons. The summed E-state index contributed by atoms with van der Waals surface area (Å²) in [6, 6.07) is 9.37. The number of aryl methyl sites for hydroxylation is 2. The van der Waals surface area contributed by atoms with Gasteiger partial charge in [-0.05, 0) is 26.0 Å². The van der Waals surface area contributed by atoms with Gasteiger partial charge in [0.1, 0.15) is 5.69 Å². The van der Waals surface area contributed by atoms with Crippen LogP contribution in [0.1, 0.15) is 21.1 Å². The summed E-state index contributed by atoms with van der Waals surface area (Å²) in [6.45, 7) is 3.73. The maximum absolute atomic E-state index is 12.1. The summed E-state index contributed by atoms with van der Waals surface area (Å²) in [5, 5.41) is 6.78. The number of H-pyrrole nitrogens is 1. The van der Waals surface area contributed by atoms with E-state index >= 15 is 0 Å². The molecule has 3 rings (SSSR count). The number of benzene rings is 1. The molecule has 0 spiro atoms. The summed E-state index contributed by atoms with van der Waals surface area (Å²) in [4.78, 5) is 32.3.